The average molecular weight is 256 g/mol. The molecule has 0 amide bonds. The van der Waals surface area contributed by atoms with Gasteiger partial charge in [-0.25, -0.2) is 0 Å². The zero-order valence-corrected chi connectivity index (χ0v) is 10.8. The van der Waals surface area contributed by atoms with Crippen LogP contribution in [-0.4, -0.2) is 6.29 Å². The van der Waals surface area contributed by atoms with Crippen molar-refractivity contribution >= 4 is 38.6 Å². The van der Waals surface area contributed by atoms with Crippen molar-refractivity contribution in [3.8, 4) is 0 Å². The van der Waals surface area contributed by atoms with Gasteiger partial charge in [-0.15, -0.1) is 0 Å². The van der Waals surface area contributed by atoms with E-state index in [9.17, 15) is 4.79 Å². The fraction of sp³-hybridized carbons (Fsp3) is 0. The molecular formula is C19H12O. The number of hydrogen-bond acceptors (Lipinski definition) is 1. The van der Waals surface area contributed by atoms with Crippen LogP contribution in [0.3, 0.4) is 0 Å². The normalized spacial score (nSPS) is 11.2. The van der Waals surface area contributed by atoms with Gasteiger partial charge in [-0.3, -0.25) is 4.79 Å². The van der Waals surface area contributed by atoms with Gasteiger partial charge < -0.3 is 0 Å². The van der Waals surface area contributed by atoms with E-state index in [1.54, 1.807) is 0 Å². The fourth-order valence-electron chi connectivity index (χ4n) is 3.00. The molecule has 0 N–H and O–H groups in total. The molecule has 0 spiro atoms. The molecule has 4 aromatic carbocycles. The zero-order valence-electron chi connectivity index (χ0n) is 10.8. The Morgan fingerprint density at radius 2 is 1.35 bits per heavy atom. The Labute approximate surface area is 116 Å². The molecule has 0 radical (unpaired) electrons. The SMILES string of the molecule is O=Cc1cccc2ccc3c4ccccc4ccc3c12. The quantitative estimate of drug-likeness (QED) is 0.347. The lowest BCUT2D eigenvalue weighted by molar-refractivity contribution is 0.112. The Balaban J connectivity index is 2.31. The summed E-state index contributed by atoms with van der Waals surface area (Å²) in [5.74, 6) is 0. The van der Waals surface area contributed by atoms with Crippen LogP contribution in [0.5, 0.6) is 0 Å². The van der Waals surface area contributed by atoms with Crippen molar-refractivity contribution in [2.24, 2.45) is 0 Å². The number of rotatable bonds is 1. The molecule has 1 heteroatoms. The molecule has 94 valence electrons. The van der Waals surface area contributed by atoms with Gasteiger partial charge in [0.05, 0.1) is 0 Å². The Hall–Kier alpha value is -2.67. The molecule has 0 aliphatic rings. The Bertz CT molecular complexity index is 967. The van der Waals surface area contributed by atoms with Crippen molar-refractivity contribution in [3.05, 3.63) is 72.3 Å². The third-order valence-corrected chi connectivity index (χ3v) is 3.93. The Morgan fingerprint density at radius 1 is 0.600 bits per heavy atom. The second-order valence-electron chi connectivity index (χ2n) is 5.01. The molecule has 0 heterocycles. The molecule has 0 saturated carbocycles. The summed E-state index contributed by atoms with van der Waals surface area (Å²) >= 11 is 0. The molecular weight excluding hydrogens is 244 g/mol. The van der Waals surface area contributed by atoms with Gasteiger partial charge in [-0.2, -0.15) is 0 Å². The van der Waals surface area contributed by atoms with Gasteiger partial charge in [-0.05, 0) is 26.9 Å². The van der Waals surface area contributed by atoms with Crippen LogP contribution in [0.25, 0.3) is 32.3 Å². The van der Waals surface area contributed by atoms with Crippen LogP contribution >= 0.6 is 0 Å². The molecule has 0 unspecified atom stereocenters. The highest BCUT2D eigenvalue weighted by atomic mass is 16.1. The average Bonchev–Trinajstić information content (AvgIpc) is 2.53. The fourth-order valence-corrected chi connectivity index (χ4v) is 3.00. The largest absolute Gasteiger partial charge is 0.298 e. The lowest BCUT2D eigenvalue weighted by Crippen LogP contribution is -1.86. The molecule has 0 saturated heterocycles. The monoisotopic (exact) mass is 256 g/mol. The molecule has 4 aromatic rings. The van der Waals surface area contributed by atoms with Gasteiger partial charge >= 0.3 is 0 Å². The summed E-state index contributed by atoms with van der Waals surface area (Å²) in [6.45, 7) is 0. The van der Waals surface area contributed by atoms with Gasteiger partial charge in [0.2, 0.25) is 0 Å². The van der Waals surface area contributed by atoms with E-state index in [2.05, 4.69) is 48.5 Å². The summed E-state index contributed by atoms with van der Waals surface area (Å²) in [6.07, 6.45) is 0.941. The summed E-state index contributed by atoms with van der Waals surface area (Å²) in [5, 5.41) is 6.95. The van der Waals surface area contributed by atoms with Gasteiger partial charge in [0.15, 0.2) is 6.29 Å². The number of hydrogen-bond donors (Lipinski definition) is 0. The van der Waals surface area contributed by atoms with Crippen molar-refractivity contribution in [2.45, 2.75) is 0 Å². The summed E-state index contributed by atoms with van der Waals surface area (Å²) in [5.41, 5.74) is 0.753. The van der Waals surface area contributed by atoms with Crippen LogP contribution in [0.15, 0.2) is 66.7 Å². The minimum Gasteiger partial charge on any atom is -0.298 e. The van der Waals surface area contributed by atoms with E-state index in [4.69, 9.17) is 0 Å². The van der Waals surface area contributed by atoms with E-state index < -0.39 is 0 Å². The maximum atomic E-state index is 11.3. The van der Waals surface area contributed by atoms with Crippen molar-refractivity contribution < 1.29 is 4.79 Å². The van der Waals surface area contributed by atoms with Gasteiger partial charge in [0.25, 0.3) is 0 Å². The number of benzene rings is 4. The van der Waals surface area contributed by atoms with E-state index in [1.807, 2.05) is 18.2 Å². The van der Waals surface area contributed by atoms with E-state index in [1.165, 1.54) is 16.2 Å². The van der Waals surface area contributed by atoms with Crippen LogP contribution < -0.4 is 0 Å². The first kappa shape index (κ1) is 11.2. The maximum absolute atomic E-state index is 11.3. The highest BCUT2D eigenvalue weighted by Crippen LogP contribution is 2.32. The zero-order chi connectivity index (χ0) is 13.5. The molecule has 4 rings (SSSR count). The second kappa shape index (κ2) is 4.17. The molecule has 0 aliphatic heterocycles. The predicted octanol–water partition coefficient (Wildman–Crippen LogP) is 4.96. The number of carbonyl (C=O) groups is 1. The van der Waals surface area contributed by atoms with Crippen LogP contribution in [-0.2, 0) is 0 Å². The van der Waals surface area contributed by atoms with E-state index in [0.29, 0.717) is 0 Å². The Morgan fingerprint density at radius 3 is 2.25 bits per heavy atom. The van der Waals surface area contributed by atoms with Gasteiger partial charge in [0.1, 0.15) is 0 Å². The summed E-state index contributed by atoms with van der Waals surface area (Å²) in [4.78, 5) is 11.3. The third-order valence-electron chi connectivity index (χ3n) is 3.93. The lowest BCUT2D eigenvalue weighted by atomic mass is 9.95. The van der Waals surface area contributed by atoms with E-state index in [0.717, 1.165) is 28.0 Å². The summed E-state index contributed by atoms with van der Waals surface area (Å²) in [7, 11) is 0. The molecule has 0 aromatic heterocycles. The number of aldehydes is 1. The summed E-state index contributed by atoms with van der Waals surface area (Å²) in [6, 6.07) is 22.7. The molecule has 0 bridgehead atoms. The lowest BCUT2D eigenvalue weighted by Gasteiger charge is -2.09. The first-order chi connectivity index (χ1) is 9.88. The molecule has 0 aliphatic carbocycles. The predicted molar refractivity (Wildman–Crippen MR) is 84.3 cm³/mol. The standard InChI is InChI=1S/C19H12O/c20-12-15-6-3-5-14-9-10-17-16-7-2-1-4-13(16)8-11-18(17)19(14)15/h1-12H. The van der Waals surface area contributed by atoms with E-state index in [-0.39, 0.29) is 0 Å². The first-order valence-corrected chi connectivity index (χ1v) is 6.67. The van der Waals surface area contributed by atoms with Crippen molar-refractivity contribution in [3.63, 3.8) is 0 Å². The second-order valence-corrected chi connectivity index (χ2v) is 5.01. The van der Waals surface area contributed by atoms with Gasteiger partial charge in [-0.1, -0.05) is 66.7 Å². The van der Waals surface area contributed by atoms with Gasteiger partial charge in [0, 0.05) is 10.9 Å². The van der Waals surface area contributed by atoms with Crippen LogP contribution in [0, 0.1) is 0 Å². The minimum atomic E-state index is 0.753. The smallest absolute Gasteiger partial charge is 0.150 e. The topological polar surface area (TPSA) is 17.1 Å². The number of fused-ring (bicyclic) bond motifs is 5. The van der Waals surface area contributed by atoms with Crippen LogP contribution in [0.1, 0.15) is 10.4 Å². The molecule has 0 fully saturated rings. The minimum absolute atomic E-state index is 0.753. The van der Waals surface area contributed by atoms with E-state index >= 15 is 0 Å². The maximum Gasteiger partial charge on any atom is 0.150 e. The van der Waals surface area contributed by atoms with Crippen LogP contribution in [0.2, 0.25) is 0 Å². The molecule has 1 nitrogen and oxygen atoms in total. The van der Waals surface area contributed by atoms with Crippen molar-refractivity contribution in [1.82, 2.24) is 0 Å². The number of carbonyl (C=O) groups excluding carboxylic acids is 1. The van der Waals surface area contributed by atoms with Crippen LogP contribution in [0.4, 0.5) is 0 Å². The molecule has 0 atom stereocenters. The van der Waals surface area contributed by atoms with Crippen molar-refractivity contribution in [2.75, 3.05) is 0 Å². The highest BCUT2D eigenvalue weighted by Gasteiger charge is 2.07. The van der Waals surface area contributed by atoms with Crippen molar-refractivity contribution in [1.29, 1.82) is 0 Å². The summed E-state index contributed by atoms with van der Waals surface area (Å²) < 4.78 is 0. The Kier molecular flexibility index (Phi) is 2.33. The first-order valence-electron chi connectivity index (χ1n) is 6.67. The third kappa shape index (κ3) is 1.47. The highest BCUT2D eigenvalue weighted by molar-refractivity contribution is 6.20. The molecule has 20 heavy (non-hydrogen) atoms.